The summed E-state index contributed by atoms with van der Waals surface area (Å²) in [5.74, 6) is 0.318. The molecule has 0 bridgehead atoms. The van der Waals surface area contributed by atoms with Crippen LogP contribution >= 0.6 is 23.2 Å². The van der Waals surface area contributed by atoms with Crippen LogP contribution in [-0.4, -0.2) is 40.7 Å². The summed E-state index contributed by atoms with van der Waals surface area (Å²) in [7, 11) is 0. The maximum atomic E-state index is 11.2. The predicted molar refractivity (Wildman–Crippen MR) is 55.1 cm³/mol. The van der Waals surface area contributed by atoms with E-state index in [1.807, 2.05) is 0 Å². The Hall–Kier alpha value is -1.14. The average Bonchev–Trinajstić information content (AvgIpc) is 2.22. The average molecular weight is 248 g/mol. The van der Waals surface area contributed by atoms with Crippen molar-refractivity contribution in [2.45, 2.75) is 0 Å². The normalized spacial score (nSPS) is 16.4. The summed E-state index contributed by atoms with van der Waals surface area (Å²) in [6.07, 6.45) is 0. The third-order valence-electron chi connectivity index (χ3n) is 1.94. The van der Waals surface area contributed by atoms with Crippen LogP contribution in [0, 0.1) is 0 Å². The van der Waals surface area contributed by atoms with E-state index in [-0.39, 0.29) is 22.9 Å². The number of nitrogens with zero attached hydrogens (tertiary/aromatic N) is 4. The van der Waals surface area contributed by atoms with Gasteiger partial charge >= 0.3 is 0 Å². The highest BCUT2D eigenvalue weighted by Gasteiger charge is 2.21. The summed E-state index contributed by atoms with van der Waals surface area (Å²) in [5.41, 5.74) is 0. The molecule has 2 heterocycles. The molecule has 0 radical (unpaired) electrons. The zero-order valence-electron chi connectivity index (χ0n) is 7.57. The quantitative estimate of drug-likeness (QED) is 0.764. The van der Waals surface area contributed by atoms with E-state index in [0.717, 1.165) is 0 Å². The lowest BCUT2D eigenvalue weighted by atomic mass is 10.3. The molecule has 0 aliphatic carbocycles. The van der Waals surface area contributed by atoms with Gasteiger partial charge in [0.25, 0.3) is 0 Å². The number of hydrogen-bond acceptors (Lipinski definition) is 5. The zero-order valence-corrected chi connectivity index (χ0v) is 9.09. The molecule has 0 spiro atoms. The van der Waals surface area contributed by atoms with Crippen molar-refractivity contribution < 1.29 is 4.79 Å². The molecule has 1 N–H and O–H groups in total. The summed E-state index contributed by atoms with van der Waals surface area (Å²) < 4.78 is 0. The van der Waals surface area contributed by atoms with E-state index < -0.39 is 0 Å². The minimum absolute atomic E-state index is 0.0142. The number of halogens is 2. The van der Waals surface area contributed by atoms with Gasteiger partial charge < -0.3 is 10.2 Å². The molecule has 1 aliphatic rings. The number of piperazine rings is 1. The Morgan fingerprint density at radius 3 is 2.87 bits per heavy atom. The monoisotopic (exact) mass is 247 g/mol. The smallest absolute Gasteiger partial charge is 0.245 e. The molecule has 80 valence electrons. The van der Waals surface area contributed by atoms with E-state index in [9.17, 15) is 4.79 Å². The Kier molecular flexibility index (Phi) is 2.88. The van der Waals surface area contributed by atoms with Gasteiger partial charge in [0.1, 0.15) is 0 Å². The lowest BCUT2D eigenvalue weighted by molar-refractivity contribution is -0.120. The van der Waals surface area contributed by atoms with Crippen LogP contribution in [0.1, 0.15) is 0 Å². The molecule has 1 aromatic rings. The first-order chi connectivity index (χ1) is 7.16. The number of amides is 1. The summed E-state index contributed by atoms with van der Waals surface area (Å²) in [4.78, 5) is 16.8. The highest BCUT2D eigenvalue weighted by Crippen LogP contribution is 2.21. The van der Waals surface area contributed by atoms with Gasteiger partial charge in [-0.05, 0) is 11.6 Å². The molecule has 0 atom stereocenters. The second kappa shape index (κ2) is 4.16. The van der Waals surface area contributed by atoms with Gasteiger partial charge in [0.05, 0.1) is 6.54 Å². The zero-order chi connectivity index (χ0) is 10.8. The lowest BCUT2D eigenvalue weighted by Crippen LogP contribution is -2.48. The molecule has 15 heavy (non-hydrogen) atoms. The predicted octanol–water partition coefficient (Wildman–Crippen LogP) is 0.115. The Balaban J connectivity index is 2.27. The van der Waals surface area contributed by atoms with Crippen LogP contribution in [0.5, 0.6) is 0 Å². The molecule has 6 nitrogen and oxygen atoms in total. The Morgan fingerprint density at radius 1 is 1.33 bits per heavy atom. The van der Waals surface area contributed by atoms with Crippen molar-refractivity contribution in [3.05, 3.63) is 10.4 Å². The third-order valence-corrected chi connectivity index (χ3v) is 2.35. The van der Waals surface area contributed by atoms with E-state index >= 15 is 0 Å². The molecule has 1 amide bonds. The molecular weight excluding hydrogens is 241 g/mol. The Bertz CT molecular complexity index is 399. The summed E-state index contributed by atoms with van der Waals surface area (Å²) in [6, 6.07) is 0. The first-order valence-electron chi connectivity index (χ1n) is 4.24. The van der Waals surface area contributed by atoms with Crippen molar-refractivity contribution in [1.82, 2.24) is 20.5 Å². The minimum atomic E-state index is -0.0768. The number of aromatic nitrogens is 3. The van der Waals surface area contributed by atoms with E-state index in [0.29, 0.717) is 18.9 Å². The Labute approximate surface area is 95.6 Å². The van der Waals surface area contributed by atoms with Gasteiger partial charge in [-0.15, -0.1) is 10.2 Å². The Morgan fingerprint density at radius 2 is 2.13 bits per heavy atom. The summed E-state index contributed by atoms with van der Waals surface area (Å²) in [5, 5.41) is 9.98. The van der Waals surface area contributed by atoms with Crippen molar-refractivity contribution in [2.24, 2.45) is 0 Å². The highest BCUT2D eigenvalue weighted by atomic mass is 35.5. The standard InChI is InChI=1S/C7H7Cl2N5O/c8-5-6(11-7(9)13-12-5)14-2-1-10-4(15)3-14/h1-3H2,(H,10,15). The van der Waals surface area contributed by atoms with Gasteiger partial charge in [0.2, 0.25) is 11.2 Å². The number of nitrogens with one attached hydrogen (secondary N) is 1. The molecule has 1 fully saturated rings. The topological polar surface area (TPSA) is 71.0 Å². The van der Waals surface area contributed by atoms with Gasteiger partial charge in [-0.3, -0.25) is 4.79 Å². The van der Waals surface area contributed by atoms with Gasteiger partial charge in [-0.1, -0.05) is 11.6 Å². The fourth-order valence-electron chi connectivity index (χ4n) is 1.31. The fraction of sp³-hybridized carbons (Fsp3) is 0.429. The van der Waals surface area contributed by atoms with Gasteiger partial charge in [-0.25, -0.2) is 0 Å². The van der Waals surface area contributed by atoms with E-state index in [4.69, 9.17) is 23.2 Å². The van der Waals surface area contributed by atoms with Gasteiger partial charge in [0.15, 0.2) is 11.0 Å². The molecule has 1 saturated heterocycles. The van der Waals surface area contributed by atoms with Crippen molar-refractivity contribution in [3.63, 3.8) is 0 Å². The minimum Gasteiger partial charge on any atom is -0.353 e. The molecule has 1 aromatic heterocycles. The number of hydrogen-bond donors (Lipinski definition) is 1. The van der Waals surface area contributed by atoms with Crippen LogP contribution in [-0.2, 0) is 4.79 Å². The molecule has 0 aromatic carbocycles. The number of anilines is 1. The molecule has 8 heteroatoms. The maximum Gasteiger partial charge on any atom is 0.245 e. The van der Waals surface area contributed by atoms with Crippen molar-refractivity contribution >= 4 is 34.9 Å². The second-order valence-corrected chi connectivity index (χ2v) is 3.66. The fourth-order valence-corrected chi connectivity index (χ4v) is 1.62. The SMILES string of the molecule is O=C1CN(c2nc(Cl)nnc2Cl)CCN1. The molecule has 0 unspecified atom stereocenters. The number of rotatable bonds is 1. The second-order valence-electron chi connectivity index (χ2n) is 2.97. The molecule has 0 saturated carbocycles. The third kappa shape index (κ3) is 2.27. The van der Waals surface area contributed by atoms with Crippen LogP contribution in [0.25, 0.3) is 0 Å². The van der Waals surface area contributed by atoms with Crippen molar-refractivity contribution in [3.8, 4) is 0 Å². The number of carbonyl (C=O) groups is 1. The summed E-state index contributed by atoms with van der Waals surface area (Å²) in [6.45, 7) is 1.38. The first-order valence-corrected chi connectivity index (χ1v) is 5.00. The van der Waals surface area contributed by atoms with E-state index in [1.54, 1.807) is 4.90 Å². The van der Waals surface area contributed by atoms with E-state index in [1.165, 1.54) is 0 Å². The van der Waals surface area contributed by atoms with Crippen LogP contribution in [0.15, 0.2) is 0 Å². The summed E-state index contributed by atoms with van der Waals surface area (Å²) >= 11 is 11.4. The van der Waals surface area contributed by atoms with Crippen LogP contribution < -0.4 is 10.2 Å². The highest BCUT2D eigenvalue weighted by molar-refractivity contribution is 6.32. The van der Waals surface area contributed by atoms with E-state index in [2.05, 4.69) is 20.5 Å². The maximum absolute atomic E-state index is 11.2. The van der Waals surface area contributed by atoms with Gasteiger partial charge in [-0.2, -0.15) is 4.98 Å². The van der Waals surface area contributed by atoms with Gasteiger partial charge in [0, 0.05) is 13.1 Å². The number of carbonyl (C=O) groups excluding carboxylic acids is 1. The van der Waals surface area contributed by atoms with Crippen molar-refractivity contribution in [2.75, 3.05) is 24.5 Å². The van der Waals surface area contributed by atoms with Crippen LogP contribution in [0.4, 0.5) is 5.82 Å². The molecular formula is C7H7Cl2N5O. The largest absolute Gasteiger partial charge is 0.353 e. The van der Waals surface area contributed by atoms with Crippen LogP contribution in [0.2, 0.25) is 10.4 Å². The lowest BCUT2D eigenvalue weighted by Gasteiger charge is -2.27. The molecule has 1 aliphatic heterocycles. The first kappa shape index (κ1) is 10.4. The molecule has 2 rings (SSSR count). The van der Waals surface area contributed by atoms with Crippen LogP contribution in [0.3, 0.4) is 0 Å². The van der Waals surface area contributed by atoms with Crippen molar-refractivity contribution in [1.29, 1.82) is 0 Å².